The number of nitrogens with zero attached hydrogens (tertiary/aromatic N) is 1. The molecular weight excluding hydrogens is 457 g/mol. The van der Waals surface area contributed by atoms with Crippen LogP contribution in [0.2, 0.25) is 0 Å². The van der Waals surface area contributed by atoms with Gasteiger partial charge in [-0.25, -0.2) is 0 Å². The molecule has 1 N–H and O–H groups in total. The Morgan fingerprint density at radius 1 is 1.03 bits per heavy atom. The number of para-hydroxylation sites is 1. The molecule has 2 aromatic carbocycles. The Morgan fingerprint density at radius 2 is 1.79 bits per heavy atom. The van der Waals surface area contributed by atoms with E-state index in [9.17, 15) is 27.6 Å². The molecule has 10 heteroatoms. The number of imide groups is 1. The fourth-order valence-corrected chi connectivity index (χ4v) is 3.88. The lowest BCUT2D eigenvalue weighted by atomic mass is 10.1. The molecule has 3 amide bonds. The number of hydrogen-bond acceptors (Lipinski definition) is 5. The Bertz CT molecular complexity index is 1250. The number of carbonyl (C=O) groups excluding carboxylic acids is 3. The number of halogens is 3. The van der Waals surface area contributed by atoms with E-state index in [1.54, 1.807) is 30.3 Å². The van der Waals surface area contributed by atoms with Crippen molar-refractivity contribution in [2.45, 2.75) is 6.18 Å². The first-order valence-electron chi connectivity index (χ1n) is 9.58. The number of rotatable bonds is 5. The highest BCUT2D eigenvalue weighted by Gasteiger charge is 2.36. The van der Waals surface area contributed by atoms with Crippen molar-refractivity contribution in [1.29, 1.82) is 0 Å². The van der Waals surface area contributed by atoms with Gasteiger partial charge in [0.2, 0.25) is 5.91 Å². The standard InChI is InChI=1S/C23H15F3N2O4S/c24-23(25,26)15-6-4-5-14(11-15)18-10-9-17(32-18)12-19-21(30)28(22(31)33-19)13-20(29)27-16-7-2-1-3-8-16/h1-12H,13H2,(H,27,29)/b19-12-. The minimum Gasteiger partial charge on any atom is -0.457 e. The molecule has 1 fully saturated rings. The van der Waals surface area contributed by atoms with Gasteiger partial charge in [-0.3, -0.25) is 19.3 Å². The van der Waals surface area contributed by atoms with E-state index in [0.717, 1.165) is 17.0 Å². The van der Waals surface area contributed by atoms with E-state index in [2.05, 4.69) is 5.32 Å². The third-order valence-corrected chi connectivity index (χ3v) is 5.51. The monoisotopic (exact) mass is 472 g/mol. The van der Waals surface area contributed by atoms with Gasteiger partial charge in [0.1, 0.15) is 18.1 Å². The van der Waals surface area contributed by atoms with E-state index >= 15 is 0 Å². The summed E-state index contributed by atoms with van der Waals surface area (Å²) in [6, 6.07) is 16.2. The molecule has 2 heterocycles. The van der Waals surface area contributed by atoms with Gasteiger partial charge >= 0.3 is 6.18 Å². The normalized spacial score (nSPS) is 15.4. The lowest BCUT2D eigenvalue weighted by molar-refractivity contribution is -0.137. The number of furan rings is 1. The molecule has 33 heavy (non-hydrogen) atoms. The number of thioether (sulfide) groups is 1. The Kier molecular flexibility index (Phi) is 6.10. The zero-order valence-corrected chi connectivity index (χ0v) is 17.6. The van der Waals surface area contributed by atoms with Crippen LogP contribution in [0.5, 0.6) is 0 Å². The fourth-order valence-electron chi connectivity index (χ4n) is 3.07. The number of alkyl halides is 3. The van der Waals surface area contributed by atoms with E-state index in [1.165, 1.54) is 30.3 Å². The quantitative estimate of drug-likeness (QED) is 0.486. The topological polar surface area (TPSA) is 79.6 Å². The second-order valence-electron chi connectivity index (χ2n) is 6.96. The molecule has 1 aliphatic heterocycles. The number of nitrogens with one attached hydrogen (secondary N) is 1. The highest BCUT2D eigenvalue weighted by atomic mass is 32.2. The number of anilines is 1. The van der Waals surface area contributed by atoms with Crippen molar-refractivity contribution < 1.29 is 32.0 Å². The molecule has 0 saturated carbocycles. The molecule has 0 radical (unpaired) electrons. The lowest BCUT2D eigenvalue weighted by Crippen LogP contribution is -2.36. The van der Waals surface area contributed by atoms with Crippen molar-refractivity contribution in [2.24, 2.45) is 0 Å². The molecule has 3 aromatic rings. The molecule has 0 bridgehead atoms. The largest absolute Gasteiger partial charge is 0.457 e. The second kappa shape index (κ2) is 8.99. The Morgan fingerprint density at radius 3 is 2.52 bits per heavy atom. The molecule has 0 atom stereocenters. The van der Waals surface area contributed by atoms with E-state index in [1.807, 2.05) is 0 Å². The summed E-state index contributed by atoms with van der Waals surface area (Å²) >= 11 is 0.646. The zero-order valence-electron chi connectivity index (χ0n) is 16.8. The zero-order chi connectivity index (χ0) is 23.6. The Labute approximate surface area is 190 Å². The van der Waals surface area contributed by atoms with Crippen LogP contribution in [0.3, 0.4) is 0 Å². The van der Waals surface area contributed by atoms with Crippen LogP contribution in [0.25, 0.3) is 17.4 Å². The van der Waals surface area contributed by atoms with Crippen molar-refractivity contribution in [3.05, 3.63) is 83.0 Å². The molecule has 1 saturated heterocycles. The minimum atomic E-state index is -4.49. The van der Waals surface area contributed by atoms with Gasteiger partial charge in [0.15, 0.2) is 0 Å². The third-order valence-electron chi connectivity index (χ3n) is 4.61. The van der Waals surface area contributed by atoms with Crippen LogP contribution >= 0.6 is 11.8 Å². The van der Waals surface area contributed by atoms with Crippen molar-refractivity contribution >= 4 is 40.6 Å². The maximum absolute atomic E-state index is 12.9. The average Bonchev–Trinajstić information content (AvgIpc) is 3.34. The van der Waals surface area contributed by atoms with Crippen molar-refractivity contribution in [2.75, 3.05) is 11.9 Å². The summed E-state index contributed by atoms with van der Waals surface area (Å²) < 4.78 is 44.4. The minimum absolute atomic E-state index is 0.0393. The van der Waals surface area contributed by atoms with Crippen LogP contribution in [0.4, 0.5) is 23.7 Å². The number of hydrogen-bond donors (Lipinski definition) is 1. The van der Waals surface area contributed by atoms with Crippen LogP contribution < -0.4 is 5.32 Å². The number of benzene rings is 2. The van der Waals surface area contributed by atoms with Gasteiger partial charge in [0.05, 0.1) is 10.5 Å². The molecule has 6 nitrogen and oxygen atoms in total. The van der Waals surface area contributed by atoms with Crippen LogP contribution in [-0.4, -0.2) is 28.5 Å². The molecule has 0 spiro atoms. The summed E-state index contributed by atoms with van der Waals surface area (Å²) in [5.74, 6) is -0.838. The van der Waals surface area contributed by atoms with Gasteiger partial charge in [-0.2, -0.15) is 13.2 Å². The molecule has 4 rings (SSSR count). The van der Waals surface area contributed by atoms with E-state index in [-0.39, 0.29) is 22.0 Å². The van der Waals surface area contributed by atoms with Gasteiger partial charge in [-0.1, -0.05) is 30.3 Å². The maximum atomic E-state index is 12.9. The van der Waals surface area contributed by atoms with E-state index in [4.69, 9.17) is 4.42 Å². The van der Waals surface area contributed by atoms with Crippen LogP contribution in [0, 0.1) is 0 Å². The van der Waals surface area contributed by atoms with Gasteiger partial charge in [0, 0.05) is 17.3 Å². The molecule has 168 valence electrons. The first-order chi connectivity index (χ1) is 15.7. The second-order valence-corrected chi connectivity index (χ2v) is 7.96. The summed E-state index contributed by atoms with van der Waals surface area (Å²) in [6.07, 6.45) is -3.17. The molecule has 1 aromatic heterocycles. The summed E-state index contributed by atoms with van der Waals surface area (Å²) in [4.78, 5) is 37.9. The highest BCUT2D eigenvalue weighted by molar-refractivity contribution is 8.18. The van der Waals surface area contributed by atoms with Crippen molar-refractivity contribution in [1.82, 2.24) is 4.90 Å². The van der Waals surface area contributed by atoms with Crippen LogP contribution in [-0.2, 0) is 15.8 Å². The SMILES string of the molecule is O=C(CN1C(=O)S/C(=C\c2ccc(-c3cccc(C(F)(F)F)c3)o2)C1=O)Nc1ccccc1. The van der Waals surface area contributed by atoms with Crippen LogP contribution in [0.15, 0.2) is 76.1 Å². The summed E-state index contributed by atoms with van der Waals surface area (Å²) in [7, 11) is 0. The first-order valence-corrected chi connectivity index (χ1v) is 10.4. The van der Waals surface area contributed by atoms with Crippen LogP contribution in [0.1, 0.15) is 11.3 Å². The lowest BCUT2D eigenvalue weighted by Gasteiger charge is -2.12. The highest BCUT2D eigenvalue weighted by Crippen LogP contribution is 2.35. The molecular formula is C23H15F3N2O4S. The van der Waals surface area contributed by atoms with Gasteiger partial charge in [-0.15, -0.1) is 0 Å². The predicted molar refractivity (Wildman–Crippen MR) is 117 cm³/mol. The summed E-state index contributed by atoms with van der Waals surface area (Å²) in [5.41, 5.74) is -0.0641. The summed E-state index contributed by atoms with van der Waals surface area (Å²) in [5, 5.41) is 1.99. The van der Waals surface area contributed by atoms with Gasteiger partial charge < -0.3 is 9.73 Å². The maximum Gasteiger partial charge on any atom is 0.416 e. The van der Waals surface area contributed by atoms with E-state index < -0.39 is 35.3 Å². The predicted octanol–water partition coefficient (Wildman–Crippen LogP) is 5.64. The number of amides is 3. The molecule has 0 unspecified atom stereocenters. The average molecular weight is 472 g/mol. The van der Waals surface area contributed by atoms with Gasteiger partial charge in [0.25, 0.3) is 11.1 Å². The number of carbonyl (C=O) groups is 3. The van der Waals surface area contributed by atoms with E-state index in [0.29, 0.717) is 17.4 Å². The third kappa shape index (κ3) is 5.17. The first kappa shape index (κ1) is 22.4. The summed E-state index contributed by atoms with van der Waals surface area (Å²) in [6.45, 7) is -0.454. The molecule has 0 aliphatic carbocycles. The molecule has 1 aliphatic rings. The fraction of sp³-hybridized carbons (Fsp3) is 0.0870. The smallest absolute Gasteiger partial charge is 0.416 e. The Balaban J connectivity index is 1.47. The van der Waals surface area contributed by atoms with Crippen molar-refractivity contribution in [3.8, 4) is 11.3 Å². The Hall–Kier alpha value is -3.79. The van der Waals surface area contributed by atoms with Gasteiger partial charge in [-0.05, 0) is 48.2 Å². The van der Waals surface area contributed by atoms with Crippen molar-refractivity contribution in [3.63, 3.8) is 0 Å².